The second-order valence-corrected chi connectivity index (χ2v) is 5.87. The molecule has 0 bridgehead atoms. The standard InChI is InChI=1S/C16H28N2O3/c1-4-13(3)18-9-6-14(17-18)12-15(19)16(21-5-2)7-10-20-11-8-16/h6,9,13,15,19H,4-5,7-8,10-12H2,1-3H3. The van der Waals surface area contributed by atoms with Crippen LogP contribution in [0.3, 0.4) is 0 Å². The zero-order valence-electron chi connectivity index (χ0n) is 13.4. The molecule has 1 aliphatic heterocycles. The molecule has 120 valence electrons. The average Bonchev–Trinajstić information content (AvgIpc) is 2.96. The van der Waals surface area contributed by atoms with Crippen LogP contribution in [0.2, 0.25) is 0 Å². The lowest BCUT2D eigenvalue weighted by molar-refractivity contribution is -0.165. The largest absolute Gasteiger partial charge is 0.390 e. The highest BCUT2D eigenvalue weighted by Gasteiger charge is 2.40. The molecule has 1 N–H and O–H groups in total. The molecule has 0 aliphatic carbocycles. The summed E-state index contributed by atoms with van der Waals surface area (Å²) < 4.78 is 13.3. The minimum atomic E-state index is -0.540. The van der Waals surface area contributed by atoms with Crippen molar-refractivity contribution in [3.05, 3.63) is 18.0 Å². The Morgan fingerprint density at radius 2 is 2.14 bits per heavy atom. The van der Waals surface area contributed by atoms with Gasteiger partial charge in [-0.3, -0.25) is 4.68 Å². The van der Waals surface area contributed by atoms with Crippen molar-refractivity contribution in [3.63, 3.8) is 0 Å². The number of aliphatic hydroxyl groups is 1. The molecule has 5 heteroatoms. The second kappa shape index (κ2) is 7.38. The number of hydrogen-bond acceptors (Lipinski definition) is 4. The summed E-state index contributed by atoms with van der Waals surface area (Å²) in [7, 11) is 0. The van der Waals surface area contributed by atoms with Gasteiger partial charge in [0.05, 0.1) is 17.4 Å². The molecule has 1 fully saturated rings. The van der Waals surface area contributed by atoms with Crippen LogP contribution < -0.4 is 0 Å². The highest BCUT2D eigenvalue weighted by molar-refractivity contribution is 5.05. The van der Waals surface area contributed by atoms with Gasteiger partial charge in [-0.2, -0.15) is 5.10 Å². The average molecular weight is 296 g/mol. The van der Waals surface area contributed by atoms with Crippen molar-refractivity contribution in [2.24, 2.45) is 0 Å². The van der Waals surface area contributed by atoms with E-state index in [0.29, 0.717) is 32.3 Å². The third-order valence-electron chi connectivity index (χ3n) is 4.49. The van der Waals surface area contributed by atoms with E-state index in [0.717, 1.165) is 25.0 Å². The lowest BCUT2D eigenvalue weighted by Gasteiger charge is -2.40. The molecule has 0 radical (unpaired) electrons. The summed E-state index contributed by atoms with van der Waals surface area (Å²) in [5.74, 6) is 0. The lowest BCUT2D eigenvalue weighted by atomic mass is 9.85. The minimum absolute atomic E-state index is 0.389. The Bertz CT molecular complexity index is 421. The van der Waals surface area contributed by atoms with E-state index in [2.05, 4.69) is 18.9 Å². The molecule has 2 atom stereocenters. The van der Waals surface area contributed by atoms with Gasteiger partial charge >= 0.3 is 0 Å². The number of aromatic nitrogens is 2. The third kappa shape index (κ3) is 3.84. The fourth-order valence-corrected chi connectivity index (χ4v) is 2.88. The third-order valence-corrected chi connectivity index (χ3v) is 4.49. The zero-order chi connectivity index (χ0) is 15.3. The Kier molecular flexibility index (Phi) is 5.79. The molecule has 1 saturated heterocycles. The summed E-state index contributed by atoms with van der Waals surface area (Å²) >= 11 is 0. The monoisotopic (exact) mass is 296 g/mol. The van der Waals surface area contributed by atoms with Crippen molar-refractivity contribution in [3.8, 4) is 0 Å². The second-order valence-electron chi connectivity index (χ2n) is 5.87. The van der Waals surface area contributed by atoms with E-state index in [4.69, 9.17) is 9.47 Å². The molecule has 2 heterocycles. The van der Waals surface area contributed by atoms with Crippen molar-refractivity contribution in [2.45, 2.75) is 64.2 Å². The summed E-state index contributed by atoms with van der Waals surface area (Å²) in [5.41, 5.74) is 0.445. The molecule has 1 aromatic heterocycles. The summed E-state index contributed by atoms with van der Waals surface area (Å²) in [4.78, 5) is 0. The van der Waals surface area contributed by atoms with E-state index in [-0.39, 0.29) is 0 Å². The highest BCUT2D eigenvalue weighted by Crippen LogP contribution is 2.30. The van der Waals surface area contributed by atoms with Gasteiger partial charge in [0.25, 0.3) is 0 Å². The smallest absolute Gasteiger partial charge is 0.0987 e. The van der Waals surface area contributed by atoms with Crippen LogP contribution in [0.25, 0.3) is 0 Å². The Hall–Kier alpha value is -0.910. The molecule has 5 nitrogen and oxygen atoms in total. The number of nitrogens with zero attached hydrogens (tertiary/aromatic N) is 2. The SMILES string of the molecule is CCOC1(C(O)Cc2ccn(C(C)CC)n2)CCOCC1. The molecule has 1 aromatic rings. The molecule has 0 aromatic carbocycles. The van der Waals surface area contributed by atoms with E-state index >= 15 is 0 Å². The molecule has 1 aliphatic rings. The van der Waals surface area contributed by atoms with Crippen LogP contribution >= 0.6 is 0 Å². The van der Waals surface area contributed by atoms with Gasteiger partial charge in [-0.1, -0.05) is 6.92 Å². The predicted molar refractivity (Wildman–Crippen MR) is 81.3 cm³/mol. The molecule has 0 spiro atoms. The van der Waals surface area contributed by atoms with Gasteiger partial charge in [-0.15, -0.1) is 0 Å². The molecule has 2 rings (SSSR count). The van der Waals surface area contributed by atoms with E-state index in [1.165, 1.54) is 0 Å². The zero-order valence-corrected chi connectivity index (χ0v) is 13.4. The maximum atomic E-state index is 10.7. The summed E-state index contributed by atoms with van der Waals surface area (Å²) in [6, 6.07) is 2.38. The predicted octanol–water partition coefficient (Wildman–Crippen LogP) is 2.34. The topological polar surface area (TPSA) is 56.5 Å². The van der Waals surface area contributed by atoms with Crippen LogP contribution in [0.4, 0.5) is 0 Å². The number of ether oxygens (including phenoxy) is 2. The Balaban J connectivity index is 2.04. The first kappa shape index (κ1) is 16.5. The summed E-state index contributed by atoms with van der Waals surface area (Å²) in [5, 5.41) is 15.3. The van der Waals surface area contributed by atoms with Crippen LogP contribution in [0.15, 0.2) is 12.3 Å². The number of aliphatic hydroxyl groups excluding tert-OH is 1. The first-order valence-corrected chi connectivity index (χ1v) is 8.05. The van der Waals surface area contributed by atoms with Gasteiger partial charge in [0.2, 0.25) is 0 Å². The van der Waals surface area contributed by atoms with Crippen molar-refractivity contribution < 1.29 is 14.6 Å². The van der Waals surface area contributed by atoms with E-state index in [1.807, 2.05) is 23.9 Å². The molecule has 2 unspecified atom stereocenters. The quantitative estimate of drug-likeness (QED) is 0.839. The van der Waals surface area contributed by atoms with Gasteiger partial charge in [-0.25, -0.2) is 0 Å². The maximum absolute atomic E-state index is 10.7. The first-order chi connectivity index (χ1) is 10.1. The normalized spacial score (nSPS) is 21.1. The molecule has 0 saturated carbocycles. The van der Waals surface area contributed by atoms with Crippen LogP contribution in [0, 0.1) is 0 Å². The van der Waals surface area contributed by atoms with Gasteiger partial charge in [0.15, 0.2) is 0 Å². The van der Waals surface area contributed by atoms with E-state index in [1.54, 1.807) is 0 Å². The highest BCUT2D eigenvalue weighted by atomic mass is 16.5. The Morgan fingerprint density at radius 1 is 1.43 bits per heavy atom. The van der Waals surface area contributed by atoms with Crippen LogP contribution in [0.5, 0.6) is 0 Å². The first-order valence-electron chi connectivity index (χ1n) is 8.05. The van der Waals surface area contributed by atoms with Gasteiger partial charge in [0.1, 0.15) is 0 Å². The molecule has 0 amide bonds. The molecular weight excluding hydrogens is 268 g/mol. The van der Waals surface area contributed by atoms with Crippen LogP contribution in [-0.2, 0) is 15.9 Å². The number of hydrogen-bond donors (Lipinski definition) is 1. The van der Waals surface area contributed by atoms with Crippen molar-refractivity contribution in [1.29, 1.82) is 0 Å². The van der Waals surface area contributed by atoms with Crippen LogP contribution in [0.1, 0.15) is 51.8 Å². The van der Waals surface area contributed by atoms with Gasteiger partial charge < -0.3 is 14.6 Å². The maximum Gasteiger partial charge on any atom is 0.0987 e. The summed E-state index contributed by atoms with van der Waals surface area (Å²) in [6.07, 6.45) is 4.52. The molecule has 21 heavy (non-hydrogen) atoms. The van der Waals surface area contributed by atoms with Gasteiger partial charge in [0, 0.05) is 51.3 Å². The Labute approximate surface area is 127 Å². The fraction of sp³-hybridized carbons (Fsp3) is 0.812. The minimum Gasteiger partial charge on any atom is -0.390 e. The summed E-state index contributed by atoms with van der Waals surface area (Å²) in [6.45, 7) is 8.18. The van der Waals surface area contributed by atoms with Crippen molar-refractivity contribution in [2.75, 3.05) is 19.8 Å². The van der Waals surface area contributed by atoms with Crippen molar-refractivity contribution >= 4 is 0 Å². The van der Waals surface area contributed by atoms with E-state index in [9.17, 15) is 5.11 Å². The number of rotatable bonds is 7. The van der Waals surface area contributed by atoms with Crippen LogP contribution in [-0.4, -0.2) is 46.4 Å². The van der Waals surface area contributed by atoms with Crippen molar-refractivity contribution in [1.82, 2.24) is 9.78 Å². The van der Waals surface area contributed by atoms with E-state index < -0.39 is 11.7 Å². The van der Waals surface area contributed by atoms with Gasteiger partial charge in [-0.05, 0) is 26.3 Å². The lowest BCUT2D eigenvalue weighted by Crippen LogP contribution is -2.50. The molecular formula is C16H28N2O3. The fourth-order valence-electron chi connectivity index (χ4n) is 2.88. The Morgan fingerprint density at radius 3 is 2.76 bits per heavy atom.